The number of nitrogens with zero attached hydrogens (tertiary/aromatic N) is 4. The molecular formula is C76H86F14N12O8. The van der Waals surface area contributed by atoms with Gasteiger partial charge in [-0.3, -0.25) is 38.4 Å². The van der Waals surface area contributed by atoms with Crippen LogP contribution in [0.15, 0.2) is 122 Å². The number of aryl methyl sites for hydroxylation is 8. The van der Waals surface area contributed by atoms with E-state index in [0.29, 0.717) is 48.6 Å². The van der Waals surface area contributed by atoms with Crippen LogP contribution in [0, 0.1) is 51.0 Å². The standard InChI is InChI=1S/C19H20F5N3O2.3C19H22F3N3O2/c1-10-7-13(5-6-14(10)20)26-16(28)12-8-15(27(4)9-12)19(23,24)17(29)25-11(2)18(3,21)22;1-5-12(3)23-18(27)19(21,22)16-9-13(10-25(16)4)17(26)24-14-6-7-15(20)11(2)8-14;2*1-5-12(3)23-18(27)19(21,22)16-14(8-9-25(16)4)17(26)24-13-6-7-15(20)11(2)10-13/h5-9,11H,1-4H3,(H,25,29)(H,26,28);3*6-10,12H,5H2,1-4H3,(H,23,27)(H,24,26)/t;3*12-/m.110/s1. The van der Waals surface area contributed by atoms with Gasteiger partial charge in [0.25, 0.3) is 53.2 Å². The Labute approximate surface area is 625 Å². The highest BCUT2D eigenvalue weighted by Crippen LogP contribution is 2.36. The monoisotopic (exact) mass is 1560 g/mol. The molecule has 0 bridgehead atoms. The largest absolute Gasteiger partial charge is 0.364 e. The molecule has 8 N–H and O–H groups in total. The highest BCUT2D eigenvalue weighted by Gasteiger charge is 2.50. The normalized spacial score (nSPS) is 12.7. The van der Waals surface area contributed by atoms with Crippen LogP contribution in [-0.2, 0) is 71.1 Å². The molecule has 596 valence electrons. The van der Waals surface area contributed by atoms with Gasteiger partial charge in [0, 0.05) is 101 Å². The zero-order valence-electron chi connectivity index (χ0n) is 62.8. The van der Waals surface area contributed by atoms with Crippen molar-refractivity contribution < 1.29 is 99.8 Å². The van der Waals surface area contributed by atoms with Crippen LogP contribution in [0.4, 0.5) is 84.2 Å². The quantitative estimate of drug-likeness (QED) is 0.0269. The summed E-state index contributed by atoms with van der Waals surface area (Å²) in [5.41, 5.74) is -1.39. The maximum absolute atomic E-state index is 14.8. The fourth-order valence-corrected chi connectivity index (χ4v) is 10.0. The molecule has 20 nitrogen and oxygen atoms in total. The molecule has 0 radical (unpaired) electrons. The van der Waals surface area contributed by atoms with Crippen molar-refractivity contribution in [2.75, 3.05) is 21.3 Å². The van der Waals surface area contributed by atoms with Gasteiger partial charge in [0.2, 0.25) is 0 Å². The van der Waals surface area contributed by atoms with E-state index in [-0.39, 0.29) is 44.9 Å². The van der Waals surface area contributed by atoms with E-state index in [4.69, 9.17) is 0 Å². The molecule has 0 saturated carbocycles. The molecule has 110 heavy (non-hydrogen) atoms. The Hall–Kier alpha value is -11.2. The van der Waals surface area contributed by atoms with Gasteiger partial charge in [0.1, 0.15) is 34.7 Å². The zero-order valence-corrected chi connectivity index (χ0v) is 62.8. The van der Waals surface area contributed by atoms with Gasteiger partial charge >= 0.3 is 23.7 Å². The number of hydrogen-bond acceptors (Lipinski definition) is 8. The van der Waals surface area contributed by atoms with Crippen LogP contribution in [0.25, 0.3) is 0 Å². The predicted molar refractivity (Wildman–Crippen MR) is 386 cm³/mol. The van der Waals surface area contributed by atoms with E-state index in [1.54, 1.807) is 53.8 Å². The molecule has 1 unspecified atom stereocenters. The summed E-state index contributed by atoms with van der Waals surface area (Å²) in [5, 5.41) is 18.2. The molecule has 4 aromatic heterocycles. The summed E-state index contributed by atoms with van der Waals surface area (Å²) in [6, 6.07) is 16.7. The summed E-state index contributed by atoms with van der Waals surface area (Å²) in [4.78, 5) is 97.6. The third-order valence-electron chi connectivity index (χ3n) is 17.3. The molecule has 34 heteroatoms. The van der Waals surface area contributed by atoms with Gasteiger partial charge in [-0.15, -0.1) is 0 Å². The molecule has 0 spiro atoms. The third kappa shape index (κ3) is 22.5. The van der Waals surface area contributed by atoms with Crippen LogP contribution < -0.4 is 42.5 Å². The molecule has 4 aromatic carbocycles. The van der Waals surface area contributed by atoms with Crippen LogP contribution in [0.2, 0.25) is 0 Å². The number of halogens is 14. The fraction of sp³-hybridized carbons (Fsp3) is 0.368. The summed E-state index contributed by atoms with van der Waals surface area (Å²) < 4.78 is 201. The molecule has 0 aliphatic rings. The van der Waals surface area contributed by atoms with E-state index >= 15 is 0 Å². The van der Waals surface area contributed by atoms with Gasteiger partial charge in [0.15, 0.2) is 0 Å². The lowest BCUT2D eigenvalue weighted by atomic mass is 10.1. The van der Waals surface area contributed by atoms with Crippen LogP contribution in [0.5, 0.6) is 0 Å². The molecule has 8 aromatic rings. The summed E-state index contributed by atoms with van der Waals surface area (Å²) >= 11 is 0. The SMILES string of the molecule is CC[C@@H](C)NC(=O)C(F)(F)c1c(C(=O)Nc2ccc(F)c(C)c2)ccn1C.CC[C@@H](C)NC(=O)C(F)(F)c1cc(C(=O)Nc2ccc(F)c(C)c2)cn1C.CC[C@H](C)NC(=O)C(F)(F)c1c(C(=O)Nc2ccc(F)c(C)c2)ccn1C.Cc1cc(NC(=O)c2cc(C(F)(F)C(=O)NC(C)C(C)(F)F)n(C)c2)ccc1F. The number of alkyl halides is 10. The second-order valence-corrected chi connectivity index (χ2v) is 26.3. The second-order valence-electron chi connectivity index (χ2n) is 26.3. The molecular weight excluding hydrogens is 1470 g/mol. The molecule has 8 amide bonds. The molecule has 0 aliphatic carbocycles. The van der Waals surface area contributed by atoms with E-state index in [2.05, 4.69) is 37.2 Å². The molecule has 4 atom stereocenters. The lowest BCUT2D eigenvalue weighted by Gasteiger charge is -2.24. The minimum atomic E-state index is -4.15. The summed E-state index contributed by atoms with van der Waals surface area (Å²) in [7, 11) is 5.18. The van der Waals surface area contributed by atoms with Crippen molar-refractivity contribution in [1.29, 1.82) is 0 Å². The molecule has 0 aliphatic heterocycles. The highest BCUT2D eigenvalue weighted by molar-refractivity contribution is 6.08. The summed E-state index contributed by atoms with van der Waals surface area (Å²) in [6.07, 6.45) is 6.35. The van der Waals surface area contributed by atoms with E-state index < -0.39 is 147 Å². The predicted octanol–water partition coefficient (Wildman–Crippen LogP) is 15.2. The maximum atomic E-state index is 14.8. The number of rotatable bonds is 24. The first kappa shape index (κ1) is 89.4. The molecule has 4 heterocycles. The highest BCUT2D eigenvalue weighted by atomic mass is 19.3. The average molecular weight is 1560 g/mol. The number of carbonyl (C=O) groups excluding carboxylic acids is 8. The van der Waals surface area contributed by atoms with Crippen LogP contribution in [0.3, 0.4) is 0 Å². The third-order valence-corrected chi connectivity index (χ3v) is 17.3. The second kappa shape index (κ2) is 36.8. The lowest BCUT2D eigenvalue weighted by molar-refractivity contribution is -0.151. The van der Waals surface area contributed by atoms with Crippen molar-refractivity contribution in [3.8, 4) is 0 Å². The van der Waals surface area contributed by atoms with Crippen LogP contribution in [0.1, 0.15) is 161 Å². The minimum absolute atomic E-state index is 0.0366. The van der Waals surface area contributed by atoms with Gasteiger partial charge in [-0.05, 0) is 194 Å². The van der Waals surface area contributed by atoms with Crippen molar-refractivity contribution in [1.82, 2.24) is 39.5 Å². The van der Waals surface area contributed by atoms with Crippen LogP contribution in [-0.4, -0.2) is 95.6 Å². The van der Waals surface area contributed by atoms with Crippen molar-refractivity contribution in [3.63, 3.8) is 0 Å². The van der Waals surface area contributed by atoms with Crippen molar-refractivity contribution in [2.24, 2.45) is 28.2 Å². The first-order chi connectivity index (χ1) is 50.9. The molecule has 0 fully saturated rings. The first-order valence-electron chi connectivity index (χ1n) is 34.0. The first-order valence-corrected chi connectivity index (χ1v) is 34.0. The Balaban J connectivity index is 0.000000263. The minimum Gasteiger partial charge on any atom is -0.348 e. The van der Waals surface area contributed by atoms with Gasteiger partial charge in [0.05, 0.1) is 39.7 Å². The Morgan fingerprint density at radius 2 is 0.618 bits per heavy atom. The topological polar surface area (TPSA) is 253 Å². The maximum Gasteiger partial charge on any atom is 0.364 e. The number of carbonyl (C=O) groups is 8. The number of amides is 8. The van der Waals surface area contributed by atoms with Crippen molar-refractivity contribution >= 4 is 70.0 Å². The van der Waals surface area contributed by atoms with Gasteiger partial charge < -0.3 is 60.8 Å². The van der Waals surface area contributed by atoms with Crippen molar-refractivity contribution in [2.45, 2.75) is 156 Å². The van der Waals surface area contributed by atoms with E-state index in [1.165, 1.54) is 146 Å². The lowest BCUT2D eigenvalue weighted by Crippen LogP contribution is -2.49. The Morgan fingerprint density at radius 3 is 0.873 bits per heavy atom. The Morgan fingerprint density at radius 1 is 0.364 bits per heavy atom. The molecule has 0 saturated heterocycles. The van der Waals surface area contributed by atoms with E-state index in [0.717, 1.165) is 49.6 Å². The Kier molecular flexibility index (Phi) is 29.9. The number of hydrogen-bond donors (Lipinski definition) is 8. The van der Waals surface area contributed by atoms with E-state index in [1.807, 2.05) is 0 Å². The molecule has 8 rings (SSSR count). The number of aromatic nitrogens is 4. The van der Waals surface area contributed by atoms with Crippen molar-refractivity contribution in [3.05, 3.63) is 212 Å². The number of nitrogens with one attached hydrogen (secondary N) is 8. The Bertz CT molecular complexity index is 4530. The zero-order chi connectivity index (χ0) is 83.2. The van der Waals surface area contributed by atoms with Gasteiger partial charge in [-0.25, -0.2) is 26.3 Å². The van der Waals surface area contributed by atoms with Gasteiger partial charge in [-0.2, -0.15) is 35.1 Å². The summed E-state index contributed by atoms with van der Waals surface area (Å²) in [5.74, 6) is -30.2. The summed E-state index contributed by atoms with van der Waals surface area (Å²) in [6.45, 7) is 17.6. The van der Waals surface area contributed by atoms with Gasteiger partial charge in [-0.1, -0.05) is 20.8 Å². The average Bonchev–Trinajstić information content (AvgIpc) is 1.64. The van der Waals surface area contributed by atoms with E-state index in [9.17, 15) is 99.8 Å². The smallest absolute Gasteiger partial charge is 0.348 e. The van der Waals surface area contributed by atoms with Crippen LogP contribution >= 0.6 is 0 Å². The number of benzene rings is 4. The fourth-order valence-electron chi connectivity index (χ4n) is 10.0. The number of anilines is 4.